The van der Waals surface area contributed by atoms with Crippen molar-refractivity contribution in [3.63, 3.8) is 0 Å². The van der Waals surface area contributed by atoms with E-state index < -0.39 is 0 Å². The molecule has 0 aromatic heterocycles. The SMILES string of the molecule is CCC(C)C1NC(C)N(C2CC(C)C2)C1=O. The van der Waals surface area contributed by atoms with Crippen LogP contribution in [0.5, 0.6) is 0 Å². The van der Waals surface area contributed by atoms with Gasteiger partial charge >= 0.3 is 0 Å². The van der Waals surface area contributed by atoms with Crippen LogP contribution in [0.2, 0.25) is 0 Å². The number of rotatable bonds is 3. The molecule has 0 radical (unpaired) electrons. The van der Waals surface area contributed by atoms with Crippen LogP contribution in [0.4, 0.5) is 0 Å². The maximum atomic E-state index is 12.3. The van der Waals surface area contributed by atoms with Gasteiger partial charge in [-0.15, -0.1) is 0 Å². The minimum Gasteiger partial charge on any atom is -0.323 e. The zero-order valence-corrected chi connectivity index (χ0v) is 10.9. The van der Waals surface area contributed by atoms with Crippen LogP contribution in [0.15, 0.2) is 0 Å². The molecule has 3 heteroatoms. The van der Waals surface area contributed by atoms with E-state index in [1.165, 1.54) is 12.8 Å². The lowest BCUT2D eigenvalue weighted by molar-refractivity contribution is -0.135. The number of amides is 1. The van der Waals surface area contributed by atoms with Gasteiger partial charge in [-0.1, -0.05) is 27.2 Å². The first-order chi connectivity index (χ1) is 7.54. The van der Waals surface area contributed by atoms with Gasteiger partial charge < -0.3 is 4.90 Å². The third-order valence-electron chi connectivity index (χ3n) is 4.31. The van der Waals surface area contributed by atoms with Crippen molar-refractivity contribution < 1.29 is 4.79 Å². The second-order valence-electron chi connectivity index (χ2n) is 5.68. The first kappa shape index (κ1) is 11.9. The summed E-state index contributed by atoms with van der Waals surface area (Å²) in [6, 6.07) is 0.551. The van der Waals surface area contributed by atoms with Crippen molar-refractivity contribution in [1.82, 2.24) is 10.2 Å². The second kappa shape index (κ2) is 4.36. The first-order valence-electron chi connectivity index (χ1n) is 6.62. The van der Waals surface area contributed by atoms with Gasteiger partial charge in [-0.3, -0.25) is 10.1 Å². The van der Waals surface area contributed by atoms with Gasteiger partial charge in [-0.05, 0) is 31.6 Å². The molecule has 2 fully saturated rings. The van der Waals surface area contributed by atoms with E-state index in [4.69, 9.17) is 0 Å². The molecule has 3 unspecified atom stereocenters. The molecule has 0 bridgehead atoms. The predicted molar refractivity (Wildman–Crippen MR) is 64.9 cm³/mol. The number of carbonyl (C=O) groups is 1. The van der Waals surface area contributed by atoms with Crippen molar-refractivity contribution in [3.05, 3.63) is 0 Å². The van der Waals surface area contributed by atoms with Gasteiger partial charge in [-0.25, -0.2) is 0 Å². The van der Waals surface area contributed by atoms with E-state index in [0.29, 0.717) is 17.9 Å². The molecular weight excluding hydrogens is 200 g/mol. The average molecular weight is 224 g/mol. The topological polar surface area (TPSA) is 32.3 Å². The Hall–Kier alpha value is -0.570. The van der Waals surface area contributed by atoms with Crippen molar-refractivity contribution >= 4 is 5.91 Å². The molecule has 2 aliphatic rings. The van der Waals surface area contributed by atoms with Crippen LogP contribution in [-0.2, 0) is 4.79 Å². The van der Waals surface area contributed by atoms with Crippen molar-refractivity contribution in [2.45, 2.75) is 65.2 Å². The summed E-state index contributed by atoms with van der Waals surface area (Å²) in [6.07, 6.45) is 3.66. The average Bonchev–Trinajstić information content (AvgIpc) is 2.49. The monoisotopic (exact) mass is 224 g/mol. The van der Waals surface area contributed by atoms with Crippen molar-refractivity contribution in [2.75, 3.05) is 0 Å². The number of hydrogen-bond donors (Lipinski definition) is 1. The van der Waals surface area contributed by atoms with Crippen LogP contribution in [0, 0.1) is 11.8 Å². The lowest BCUT2D eigenvalue weighted by atomic mass is 9.80. The molecule has 16 heavy (non-hydrogen) atoms. The highest BCUT2D eigenvalue weighted by Crippen LogP contribution is 2.34. The first-order valence-corrected chi connectivity index (χ1v) is 6.62. The Balaban J connectivity index is 2.02. The molecule has 3 atom stereocenters. The van der Waals surface area contributed by atoms with E-state index in [1.807, 2.05) is 0 Å². The van der Waals surface area contributed by atoms with Crippen molar-refractivity contribution in [3.8, 4) is 0 Å². The maximum Gasteiger partial charge on any atom is 0.241 e. The summed E-state index contributed by atoms with van der Waals surface area (Å²) >= 11 is 0. The zero-order valence-electron chi connectivity index (χ0n) is 10.9. The molecule has 1 heterocycles. The minimum atomic E-state index is 0.0518. The molecule has 92 valence electrons. The van der Waals surface area contributed by atoms with Gasteiger partial charge in [0.25, 0.3) is 0 Å². The standard InChI is InChI=1S/C13H24N2O/c1-5-9(3)12-13(16)15(10(4)14-12)11-6-8(2)7-11/h8-12,14H,5-7H2,1-4H3. The van der Waals surface area contributed by atoms with Gasteiger partial charge in [0.15, 0.2) is 0 Å². The Morgan fingerprint density at radius 1 is 1.44 bits per heavy atom. The largest absolute Gasteiger partial charge is 0.323 e. The molecule has 0 aromatic rings. The summed E-state index contributed by atoms with van der Waals surface area (Å²) in [7, 11) is 0. The van der Waals surface area contributed by atoms with E-state index in [2.05, 4.69) is 37.9 Å². The summed E-state index contributed by atoms with van der Waals surface area (Å²) in [4.78, 5) is 14.4. The van der Waals surface area contributed by atoms with Gasteiger partial charge in [0.05, 0.1) is 12.2 Å². The van der Waals surface area contributed by atoms with E-state index in [1.54, 1.807) is 0 Å². The highest BCUT2D eigenvalue weighted by molar-refractivity contribution is 5.85. The third-order valence-corrected chi connectivity index (χ3v) is 4.31. The Labute approximate surface area is 98.6 Å². The molecule has 1 aliphatic heterocycles. The number of hydrogen-bond acceptors (Lipinski definition) is 2. The van der Waals surface area contributed by atoms with Crippen LogP contribution in [0.1, 0.15) is 47.0 Å². The smallest absolute Gasteiger partial charge is 0.241 e. The van der Waals surface area contributed by atoms with E-state index >= 15 is 0 Å². The molecule has 1 saturated carbocycles. The molecule has 1 amide bonds. The van der Waals surface area contributed by atoms with Crippen LogP contribution in [0.25, 0.3) is 0 Å². The van der Waals surface area contributed by atoms with Crippen LogP contribution < -0.4 is 5.32 Å². The van der Waals surface area contributed by atoms with Gasteiger partial charge in [-0.2, -0.15) is 0 Å². The molecule has 0 spiro atoms. The minimum absolute atomic E-state index is 0.0518. The summed E-state index contributed by atoms with van der Waals surface area (Å²) in [5, 5.41) is 3.44. The maximum absolute atomic E-state index is 12.3. The molecule has 3 nitrogen and oxygen atoms in total. The Kier molecular flexibility index (Phi) is 3.24. The van der Waals surface area contributed by atoms with Crippen LogP contribution in [-0.4, -0.2) is 29.1 Å². The third kappa shape index (κ3) is 1.86. The van der Waals surface area contributed by atoms with E-state index in [0.717, 1.165) is 12.3 Å². The Morgan fingerprint density at radius 3 is 2.56 bits per heavy atom. The fourth-order valence-corrected chi connectivity index (χ4v) is 2.99. The zero-order chi connectivity index (χ0) is 11.9. The lowest BCUT2D eigenvalue weighted by Gasteiger charge is -2.41. The van der Waals surface area contributed by atoms with Gasteiger partial charge in [0.2, 0.25) is 5.91 Å². The molecule has 2 rings (SSSR count). The summed E-state index contributed by atoms with van der Waals surface area (Å²) in [5.74, 6) is 1.57. The fourth-order valence-electron chi connectivity index (χ4n) is 2.99. The summed E-state index contributed by atoms with van der Waals surface area (Å²) in [5.41, 5.74) is 0. The highest BCUT2D eigenvalue weighted by Gasteiger charge is 2.45. The summed E-state index contributed by atoms with van der Waals surface area (Å²) < 4.78 is 0. The number of carbonyl (C=O) groups excluding carboxylic acids is 1. The second-order valence-corrected chi connectivity index (χ2v) is 5.68. The van der Waals surface area contributed by atoms with Crippen LogP contribution >= 0.6 is 0 Å². The van der Waals surface area contributed by atoms with E-state index in [-0.39, 0.29) is 12.2 Å². The number of nitrogens with zero attached hydrogens (tertiary/aromatic N) is 1. The van der Waals surface area contributed by atoms with E-state index in [9.17, 15) is 4.79 Å². The molecule has 0 aromatic carbocycles. The van der Waals surface area contributed by atoms with Crippen molar-refractivity contribution in [2.24, 2.45) is 11.8 Å². The molecule has 1 N–H and O–H groups in total. The van der Waals surface area contributed by atoms with Crippen LogP contribution in [0.3, 0.4) is 0 Å². The molecule has 1 aliphatic carbocycles. The Bertz CT molecular complexity index is 273. The quantitative estimate of drug-likeness (QED) is 0.795. The van der Waals surface area contributed by atoms with Gasteiger partial charge in [0, 0.05) is 6.04 Å². The lowest BCUT2D eigenvalue weighted by Crippen LogP contribution is -2.49. The normalized spacial score (nSPS) is 41.0. The molecular formula is C13H24N2O. The van der Waals surface area contributed by atoms with Gasteiger partial charge in [0.1, 0.15) is 0 Å². The highest BCUT2D eigenvalue weighted by atomic mass is 16.2. The summed E-state index contributed by atoms with van der Waals surface area (Å²) in [6.45, 7) is 8.69. The predicted octanol–water partition coefficient (Wildman–Crippen LogP) is 1.98. The fraction of sp³-hybridized carbons (Fsp3) is 0.923. The Morgan fingerprint density at radius 2 is 2.06 bits per heavy atom. The van der Waals surface area contributed by atoms with Crippen molar-refractivity contribution in [1.29, 1.82) is 0 Å². The number of nitrogens with one attached hydrogen (secondary N) is 1. The molecule has 1 saturated heterocycles.